The fourth-order valence-corrected chi connectivity index (χ4v) is 3.43. The van der Waals surface area contributed by atoms with Crippen LogP contribution in [0, 0.1) is 5.92 Å². The van der Waals surface area contributed by atoms with Crippen LogP contribution in [0.2, 0.25) is 0 Å². The highest BCUT2D eigenvalue weighted by molar-refractivity contribution is 7.89. The number of aromatic nitrogens is 3. The van der Waals surface area contributed by atoms with Crippen molar-refractivity contribution in [3.05, 3.63) is 42.2 Å². The number of carbonyl (C=O) groups excluding carboxylic acids is 1. The normalized spacial score (nSPS) is 13.0. The van der Waals surface area contributed by atoms with E-state index < -0.39 is 16.0 Å². The van der Waals surface area contributed by atoms with Crippen molar-refractivity contribution in [1.29, 1.82) is 0 Å². The van der Waals surface area contributed by atoms with Gasteiger partial charge in [-0.1, -0.05) is 13.8 Å². The van der Waals surface area contributed by atoms with Gasteiger partial charge in [0.15, 0.2) is 0 Å². The lowest BCUT2D eigenvalue weighted by Gasteiger charge is -2.21. The summed E-state index contributed by atoms with van der Waals surface area (Å²) in [6.45, 7) is 4.15. The minimum Gasteiger partial charge on any atom is -0.465 e. The molecule has 0 aliphatic heterocycles. The van der Waals surface area contributed by atoms with Gasteiger partial charge >= 0.3 is 5.97 Å². The lowest BCUT2D eigenvalue weighted by Crippen LogP contribution is -2.41. The molecule has 2 rings (SSSR count). The van der Waals surface area contributed by atoms with Crippen LogP contribution in [0.3, 0.4) is 0 Å². The molecule has 0 amide bonds. The number of ether oxygens (including phenoxy) is 1. The Morgan fingerprint density at radius 3 is 2.29 bits per heavy atom. The number of nitrogens with one attached hydrogen (secondary N) is 1. The molecule has 0 bridgehead atoms. The van der Waals surface area contributed by atoms with Crippen molar-refractivity contribution in [1.82, 2.24) is 19.7 Å². The smallest absolute Gasteiger partial charge is 0.337 e. The van der Waals surface area contributed by atoms with Crippen molar-refractivity contribution in [3.8, 4) is 0 Å². The molecule has 24 heavy (non-hydrogen) atoms. The number of methoxy groups -OCH3 is 1. The van der Waals surface area contributed by atoms with Crippen LogP contribution in [0.25, 0.3) is 0 Å². The zero-order valence-electron chi connectivity index (χ0n) is 13.7. The summed E-state index contributed by atoms with van der Waals surface area (Å²) >= 11 is 0. The van der Waals surface area contributed by atoms with Gasteiger partial charge in [-0.2, -0.15) is 15.0 Å². The van der Waals surface area contributed by atoms with Crippen LogP contribution in [0.5, 0.6) is 0 Å². The third kappa shape index (κ3) is 4.39. The van der Waals surface area contributed by atoms with Crippen LogP contribution in [0.1, 0.15) is 24.2 Å². The molecule has 1 N–H and O–H groups in total. The quantitative estimate of drug-likeness (QED) is 0.748. The SMILES string of the molecule is COC(=O)c1ccc(S(=O)(=O)NC(Cn2nccn2)C(C)C)cc1. The van der Waals surface area contributed by atoms with Crippen LogP contribution < -0.4 is 4.72 Å². The maximum absolute atomic E-state index is 12.5. The van der Waals surface area contributed by atoms with Crippen LogP contribution in [0.15, 0.2) is 41.6 Å². The predicted octanol–water partition coefficient (Wildman–Crippen LogP) is 1.07. The minimum atomic E-state index is -3.73. The molecule has 0 saturated carbocycles. The maximum Gasteiger partial charge on any atom is 0.337 e. The molecule has 130 valence electrons. The van der Waals surface area contributed by atoms with Gasteiger partial charge in [-0.25, -0.2) is 17.9 Å². The number of sulfonamides is 1. The van der Waals surface area contributed by atoms with E-state index in [0.717, 1.165) is 0 Å². The summed E-state index contributed by atoms with van der Waals surface area (Å²) in [5.74, 6) is -0.475. The molecule has 0 aliphatic carbocycles. The molecule has 0 radical (unpaired) electrons. The highest BCUT2D eigenvalue weighted by Crippen LogP contribution is 2.14. The second-order valence-corrected chi connectivity index (χ2v) is 7.29. The highest BCUT2D eigenvalue weighted by atomic mass is 32.2. The zero-order valence-corrected chi connectivity index (χ0v) is 14.5. The summed E-state index contributed by atoms with van der Waals surface area (Å²) in [6, 6.07) is 5.21. The van der Waals surface area contributed by atoms with E-state index in [4.69, 9.17) is 0 Å². The van der Waals surface area contributed by atoms with Gasteiger partial charge in [-0.05, 0) is 30.2 Å². The summed E-state index contributed by atoms with van der Waals surface area (Å²) in [4.78, 5) is 12.9. The summed E-state index contributed by atoms with van der Waals surface area (Å²) in [7, 11) is -2.46. The summed E-state index contributed by atoms with van der Waals surface area (Å²) in [6.07, 6.45) is 3.08. The first-order chi connectivity index (χ1) is 11.3. The van der Waals surface area contributed by atoms with Crippen LogP contribution in [-0.4, -0.2) is 42.5 Å². The number of rotatable bonds is 7. The molecule has 0 spiro atoms. The second-order valence-electron chi connectivity index (χ2n) is 5.57. The van der Waals surface area contributed by atoms with E-state index >= 15 is 0 Å². The third-order valence-corrected chi connectivity index (χ3v) is 5.03. The first-order valence-electron chi connectivity index (χ1n) is 7.38. The highest BCUT2D eigenvalue weighted by Gasteiger charge is 2.23. The van der Waals surface area contributed by atoms with Crippen molar-refractivity contribution in [2.45, 2.75) is 31.3 Å². The van der Waals surface area contributed by atoms with Gasteiger partial charge in [0.05, 0.1) is 36.5 Å². The average molecular weight is 352 g/mol. The van der Waals surface area contributed by atoms with Crippen molar-refractivity contribution < 1.29 is 17.9 Å². The van der Waals surface area contributed by atoms with E-state index in [1.165, 1.54) is 48.6 Å². The van der Waals surface area contributed by atoms with E-state index in [0.29, 0.717) is 6.54 Å². The first kappa shape index (κ1) is 18.1. The largest absolute Gasteiger partial charge is 0.465 e. The standard InChI is InChI=1S/C15H20N4O4S/c1-11(2)14(10-19-16-8-9-17-19)18-24(21,22)13-6-4-12(5-7-13)15(20)23-3/h4-9,11,14,18H,10H2,1-3H3. The lowest BCUT2D eigenvalue weighted by molar-refractivity contribution is 0.0600. The first-order valence-corrected chi connectivity index (χ1v) is 8.86. The molecule has 0 aliphatic rings. The average Bonchev–Trinajstić information content (AvgIpc) is 3.06. The molecular weight excluding hydrogens is 332 g/mol. The molecule has 0 fully saturated rings. The Kier molecular flexibility index (Phi) is 5.68. The number of hydrogen-bond acceptors (Lipinski definition) is 6. The van der Waals surface area contributed by atoms with Gasteiger partial charge in [0.2, 0.25) is 10.0 Å². The molecule has 1 atom stereocenters. The van der Waals surface area contributed by atoms with Crippen LogP contribution in [-0.2, 0) is 21.3 Å². The molecular formula is C15H20N4O4S. The van der Waals surface area contributed by atoms with Crippen molar-refractivity contribution in [2.24, 2.45) is 5.92 Å². The van der Waals surface area contributed by atoms with E-state index in [-0.39, 0.29) is 22.4 Å². The van der Waals surface area contributed by atoms with E-state index in [2.05, 4.69) is 19.7 Å². The maximum atomic E-state index is 12.5. The summed E-state index contributed by atoms with van der Waals surface area (Å²) in [5.41, 5.74) is 0.289. The molecule has 0 saturated heterocycles. The molecule has 8 nitrogen and oxygen atoms in total. The number of hydrogen-bond donors (Lipinski definition) is 1. The lowest BCUT2D eigenvalue weighted by atomic mass is 10.1. The Balaban J connectivity index is 2.17. The Hall–Kier alpha value is -2.26. The van der Waals surface area contributed by atoms with Gasteiger partial charge in [-0.15, -0.1) is 0 Å². The summed E-state index contributed by atoms with van der Waals surface area (Å²) < 4.78 is 32.4. The molecule has 1 unspecified atom stereocenters. The van der Waals surface area contributed by atoms with Gasteiger partial charge in [0.25, 0.3) is 0 Å². The Bertz CT molecular complexity index is 770. The van der Waals surface area contributed by atoms with Gasteiger partial charge < -0.3 is 4.74 Å². The second kappa shape index (κ2) is 7.54. The molecule has 1 heterocycles. The Labute approximate surface area is 140 Å². The van der Waals surface area contributed by atoms with Crippen molar-refractivity contribution in [3.63, 3.8) is 0 Å². The summed E-state index contributed by atoms with van der Waals surface area (Å²) in [5, 5.41) is 8.00. The fourth-order valence-electron chi connectivity index (χ4n) is 2.05. The zero-order chi connectivity index (χ0) is 17.7. The topological polar surface area (TPSA) is 103 Å². The number of nitrogens with zero attached hydrogens (tertiary/aromatic N) is 3. The van der Waals surface area contributed by atoms with E-state index in [1.54, 1.807) is 0 Å². The van der Waals surface area contributed by atoms with Crippen molar-refractivity contribution in [2.75, 3.05) is 7.11 Å². The minimum absolute atomic E-state index is 0.0418. The molecule has 1 aromatic carbocycles. The number of esters is 1. The van der Waals surface area contributed by atoms with Crippen LogP contribution in [0.4, 0.5) is 0 Å². The number of benzene rings is 1. The van der Waals surface area contributed by atoms with Gasteiger partial charge in [-0.3, -0.25) is 0 Å². The van der Waals surface area contributed by atoms with Gasteiger partial charge in [0, 0.05) is 6.04 Å². The molecule has 1 aromatic heterocycles. The molecule has 9 heteroatoms. The Morgan fingerprint density at radius 1 is 1.21 bits per heavy atom. The van der Waals surface area contributed by atoms with E-state index in [9.17, 15) is 13.2 Å². The van der Waals surface area contributed by atoms with Gasteiger partial charge in [0.1, 0.15) is 0 Å². The number of carbonyl (C=O) groups is 1. The Morgan fingerprint density at radius 2 is 1.79 bits per heavy atom. The monoisotopic (exact) mass is 352 g/mol. The third-order valence-electron chi connectivity index (χ3n) is 3.52. The van der Waals surface area contributed by atoms with Crippen molar-refractivity contribution >= 4 is 16.0 Å². The van der Waals surface area contributed by atoms with Crippen LogP contribution >= 0.6 is 0 Å². The predicted molar refractivity (Wildman–Crippen MR) is 86.8 cm³/mol. The molecule has 2 aromatic rings. The fraction of sp³-hybridized carbons (Fsp3) is 0.400. The van der Waals surface area contributed by atoms with E-state index in [1.807, 2.05) is 13.8 Å².